The standard InChI is InChI=1S/2C6H11.C6H5.Bi.HOP/c3*1-2-4-6-5-3-1;;1-2/h2*1H,2-6H2;1-5H;;2H. The van der Waals surface area contributed by atoms with Gasteiger partial charge in [0.2, 0.25) is 0 Å². The van der Waals surface area contributed by atoms with Gasteiger partial charge in [0.05, 0.1) is 0 Å². The van der Waals surface area contributed by atoms with Gasteiger partial charge in [0.1, 0.15) is 9.12 Å². The molecule has 0 spiro atoms. The van der Waals surface area contributed by atoms with Crippen LogP contribution in [-0.4, -0.2) is 21.8 Å². The Morgan fingerprint density at radius 3 is 1.57 bits per heavy atom. The number of hydrogen-bond donors (Lipinski definition) is 0. The third kappa shape index (κ3) is 5.11. The summed E-state index contributed by atoms with van der Waals surface area (Å²) in [5.41, 5.74) is 0. The molecule has 1 aromatic rings. The monoisotopic (exact) mass is 500 g/mol. The van der Waals surface area contributed by atoms with E-state index in [-0.39, 0.29) is 0 Å². The summed E-state index contributed by atoms with van der Waals surface area (Å²) in [6.45, 7) is 0. The van der Waals surface area contributed by atoms with E-state index in [0.29, 0.717) is 0 Å². The molecule has 0 radical (unpaired) electrons. The summed E-state index contributed by atoms with van der Waals surface area (Å²) < 4.78 is 12.2. The average molecular weight is 500 g/mol. The Kier molecular flexibility index (Phi) is 8.42. The van der Waals surface area contributed by atoms with E-state index < -0.39 is 21.8 Å². The fourth-order valence-corrected chi connectivity index (χ4v) is 18.8. The molecule has 0 unspecified atom stereocenters. The second-order valence-corrected chi connectivity index (χ2v) is 17.2. The molecular formula is C18H28BiOP. The summed E-state index contributed by atoms with van der Waals surface area (Å²) >= 11 is -1.51. The SMILES string of the molecule is O=P.c1cc[c]([Bi]([CH]2CCCCC2)[CH]2CCCCC2)cc1. The van der Waals surface area contributed by atoms with Crippen LogP contribution in [0.1, 0.15) is 64.2 Å². The first-order valence-electron chi connectivity index (χ1n) is 8.49. The van der Waals surface area contributed by atoms with Crippen molar-refractivity contribution in [3.63, 3.8) is 0 Å². The molecule has 1 nitrogen and oxygen atoms in total. The van der Waals surface area contributed by atoms with Gasteiger partial charge in [0, 0.05) is 0 Å². The molecular weight excluding hydrogens is 472 g/mol. The van der Waals surface area contributed by atoms with Crippen molar-refractivity contribution in [2.45, 2.75) is 71.5 Å². The van der Waals surface area contributed by atoms with E-state index in [2.05, 4.69) is 30.3 Å². The number of benzene rings is 1. The predicted octanol–water partition coefficient (Wildman–Crippen LogP) is 5.53. The van der Waals surface area contributed by atoms with E-state index in [1.807, 2.05) is 3.27 Å². The molecule has 2 aliphatic rings. The Morgan fingerprint density at radius 1 is 0.714 bits per heavy atom. The molecule has 1 aromatic carbocycles. The Morgan fingerprint density at radius 2 is 1.14 bits per heavy atom. The summed E-state index contributed by atoms with van der Waals surface area (Å²) in [4.78, 5) is 0. The topological polar surface area (TPSA) is 17.1 Å². The van der Waals surface area contributed by atoms with Gasteiger partial charge in [0.25, 0.3) is 0 Å². The van der Waals surface area contributed by atoms with E-state index in [0.717, 1.165) is 0 Å². The molecule has 2 aliphatic carbocycles. The van der Waals surface area contributed by atoms with Crippen LogP contribution in [0, 0.1) is 0 Å². The first-order chi connectivity index (χ1) is 10.4. The molecule has 0 saturated heterocycles. The minimum absolute atomic E-state index is 1.18. The van der Waals surface area contributed by atoms with Gasteiger partial charge in [-0.3, -0.25) is 4.57 Å². The Labute approximate surface area is 140 Å². The number of rotatable bonds is 3. The summed E-state index contributed by atoms with van der Waals surface area (Å²) in [5, 5.41) is 0. The van der Waals surface area contributed by atoms with E-state index in [1.54, 1.807) is 34.8 Å². The maximum atomic E-state index is 8.06. The maximum absolute atomic E-state index is 8.06. The van der Waals surface area contributed by atoms with Gasteiger partial charge in [-0.1, -0.05) is 0 Å². The van der Waals surface area contributed by atoms with E-state index in [9.17, 15) is 0 Å². The van der Waals surface area contributed by atoms with Crippen molar-refractivity contribution < 1.29 is 4.57 Å². The van der Waals surface area contributed by atoms with E-state index >= 15 is 0 Å². The van der Waals surface area contributed by atoms with Crippen molar-refractivity contribution in [1.29, 1.82) is 0 Å². The molecule has 3 rings (SSSR count). The summed E-state index contributed by atoms with van der Waals surface area (Å²) in [5.74, 6) is 0. The summed E-state index contributed by atoms with van der Waals surface area (Å²) in [7, 11) is 1.72. The van der Waals surface area contributed by atoms with Crippen molar-refractivity contribution in [2.75, 3.05) is 0 Å². The second kappa shape index (κ2) is 10.1. The molecule has 0 bridgehead atoms. The average Bonchev–Trinajstić information content (AvgIpc) is 2.60. The van der Waals surface area contributed by atoms with Crippen molar-refractivity contribution in [3.05, 3.63) is 30.3 Å². The van der Waals surface area contributed by atoms with Crippen molar-refractivity contribution >= 4 is 34.1 Å². The van der Waals surface area contributed by atoms with Gasteiger partial charge in [0.15, 0.2) is 0 Å². The molecule has 21 heavy (non-hydrogen) atoms. The zero-order valence-electron chi connectivity index (χ0n) is 13.0. The summed E-state index contributed by atoms with van der Waals surface area (Å²) in [6.07, 6.45) is 15.4. The van der Waals surface area contributed by atoms with Crippen LogP contribution in [0.2, 0.25) is 7.25 Å². The molecule has 3 heteroatoms. The summed E-state index contributed by atoms with van der Waals surface area (Å²) in [6, 6.07) is 11.8. The predicted molar refractivity (Wildman–Crippen MR) is 94.5 cm³/mol. The van der Waals surface area contributed by atoms with Crippen LogP contribution in [-0.2, 0) is 4.57 Å². The van der Waals surface area contributed by atoms with Crippen LogP contribution in [0.4, 0.5) is 0 Å². The molecule has 0 aromatic heterocycles. The van der Waals surface area contributed by atoms with Crippen LogP contribution >= 0.6 is 9.12 Å². The molecule has 116 valence electrons. The van der Waals surface area contributed by atoms with Gasteiger partial charge in [-0.25, -0.2) is 0 Å². The zero-order chi connectivity index (χ0) is 14.9. The van der Waals surface area contributed by atoms with E-state index in [4.69, 9.17) is 4.57 Å². The number of hydrogen-bond acceptors (Lipinski definition) is 1. The molecule has 2 saturated carbocycles. The van der Waals surface area contributed by atoms with Crippen LogP contribution in [0.3, 0.4) is 0 Å². The van der Waals surface area contributed by atoms with Crippen molar-refractivity contribution in [3.8, 4) is 0 Å². The Hall–Kier alpha value is 0.203. The third-order valence-electron chi connectivity index (χ3n) is 4.99. The first-order valence-corrected chi connectivity index (χ1v) is 14.6. The van der Waals surface area contributed by atoms with Gasteiger partial charge < -0.3 is 0 Å². The molecule has 0 heterocycles. The second-order valence-electron chi connectivity index (χ2n) is 6.33. The minimum atomic E-state index is -1.51. The fourth-order valence-electron chi connectivity index (χ4n) is 4.04. The quantitative estimate of drug-likeness (QED) is 0.394. The van der Waals surface area contributed by atoms with Crippen molar-refractivity contribution in [1.82, 2.24) is 0 Å². The van der Waals surface area contributed by atoms with Crippen LogP contribution in [0.25, 0.3) is 0 Å². The van der Waals surface area contributed by atoms with Gasteiger partial charge in [-0.15, -0.1) is 0 Å². The van der Waals surface area contributed by atoms with Crippen molar-refractivity contribution in [2.24, 2.45) is 0 Å². The van der Waals surface area contributed by atoms with Crippen LogP contribution in [0.5, 0.6) is 0 Å². The Bertz CT molecular complexity index is 367. The molecule has 0 aliphatic heterocycles. The molecule has 0 atom stereocenters. The fraction of sp³-hybridized carbons (Fsp3) is 0.667. The van der Waals surface area contributed by atoms with Crippen LogP contribution < -0.4 is 3.27 Å². The third-order valence-corrected chi connectivity index (χ3v) is 18.6. The molecule has 2 fully saturated rings. The van der Waals surface area contributed by atoms with Crippen LogP contribution in [0.15, 0.2) is 30.3 Å². The molecule has 0 N–H and O–H groups in total. The molecule has 0 amide bonds. The normalized spacial score (nSPS) is 20.8. The first kappa shape index (κ1) is 17.6. The van der Waals surface area contributed by atoms with Gasteiger partial charge in [-0.05, 0) is 0 Å². The zero-order valence-corrected chi connectivity index (χ0v) is 17.4. The van der Waals surface area contributed by atoms with Gasteiger partial charge in [-0.2, -0.15) is 0 Å². The Balaban J connectivity index is 0.000000774. The van der Waals surface area contributed by atoms with E-state index in [1.165, 1.54) is 45.8 Å². The van der Waals surface area contributed by atoms with Gasteiger partial charge >= 0.3 is 127 Å².